The van der Waals surface area contributed by atoms with Gasteiger partial charge in [0.25, 0.3) is 0 Å². The summed E-state index contributed by atoms with van der Waals surface area (Å²) in [6.45, 7) is 0. The van der Waals surface area contributed by atoms with Crippen LogP contribution >= 0.6 is 0 Å². The normalized spacial score (nSPS) is 11.6. The van der Waals surface area contributed by atoms with Gasteiger partial charge in [0.05, 0.1) is 0 Å². The SMILES string of the molecule is O=C(c1c(C=Cc2ccccc2)ccc2ccccc12)c1c(C=Cc2ccccc2)ccc2ccccc12. The molecule has 0 saturated heterocycles. The summed E-state index contributed by atoms with van der Waals surface area (Å²) >= 11 is 0. The maximum Gasteiger partial charge on any atom is 0.195 e. The van der Waals surface area contributed by atoms with Gasteiger partial charge in [0.2, 0.25) is 0 Å². The van der Waals surface area contributed by atoms with E-state index in [0.29, 0.717) is 0 Å². The molecule has 6 rings (SSSR count). The van der Waals surface area contributed by atoms with Crippen LogP contribution in [0.2, 0.25) is 0 Å². The molecule has 0 heterocycles. The van der Waals surface area contributed by atoms with Crippen molar-refractivity contribution in [1.82, 2.24) is 0 Å². The summed E-state index contributed by atoms with van der Waals surface area (Å²) in [6, 6.07) is 44.9. The van der Waals surface area contributed by atoms with Crippen LogP contribution in [0.1, 0.15) is 38.2 Å². The maximum absolute atomic E-state index is 14.7. The average Bonchev–Trinajstić information content (AvgIpc) is 2.99. The molecule has 0 unspecified atom stereocenters. The molecule has 1 nitrogen and oxygen atoms in total. The van der Waals surface area contributed by atoms with E-state index in [1.165, 1.54) is 0 Å². The summed E-state index contributed by atoms with van der Waals surface area (Å²) < 4.78 is 0. The molecular formula is C37H26O. The third-order valence-corrected chi connectivity index (χ3v) is 6.89. The van der Waals surface area contributed by atoms with Crippen molar-refractivity contribution in [3.63, 3.8) is 0 Å². The zero-order chi connectivity index (χ0) is 25.7. The molecule has 0 bridgehead atoms. The van der Waals surface area contributed by atoms with Gasteiger partial charge in [-0.2, -0.15) is 0 Å². The maximum atomic E-state index is 14.7. The highest BCUT2D eigenvalue weighted by Crippen LogP contribution is 2.32. The quantitative estimate of drug-likeness (QED) is 0.169. The number of carbonyl (C=O) groups excluding carboxylic acids is 1. The Kier molecular flexibility index (Phi) is 6.49. The highest BCUT2D eigenvalue weighted by molar-refractivity contribution is 6.24. The minimum absolute atomic E-state index is 0.0269. The topological polar surface area (TPSA) is 17.1 Å². The van der Waals surface area contributed by atoms with Crippen molar-refractivity contribution in [3.05, 3.63) is 167 Å². The first-order valence-corrected chi connectivity index (χ1v) is 12.8. The molecule has 0 aliphatic rings. The van der Waals surface area contributed by atoms with Gasteiger partial charge in [0.15, 0.2) is 5.78 Å². The van der Waals surface area contributed by atoms with Crippen LogP contribution in [0, 0.1) is 0 Å². The van der Waals surface area contributed by atoms with E-state index in [4.69, 9.17) is 0 Å². The Hall–Kier alpha value is -5.01. The number of fused-ring (bicyclic) bond motifs is 2. The van der Waals surface area contributed by atoms with Crippen molar-refractivity contribution in [1.29, 1.82) is 0 Å². The summed E-state index contributed by atoms with van der Waals surface area (Å²) in [5.74, 6) is 0.0269. The van der Waals surface area contributed by atoms with Crippen molar-refractivity contribution in [2.75, 3.05) is 0 Å². The lowest BCUT2D eigenvalue weighted by Crippen LogP contribution is -2.08. The van der Waals surface area contributed by atoms with E-state index in [9.17, 15) is 4.79 Å². The van der Waals surface area contributed by atoms with Crippen molar-refractivity contribution in [3.8, 4) is 0 Å². The first kappa shape index (κ1) is 23.4. The second-order valence-electron chi connectivity index (χ2n) is 9.32. The van der Waals surface area contributed by atoms with Gasteiger partial charge in [-0.3, -0.25) is 4.79 Å². The molecule has 0 radical (unpaired) electrons. The van der Waals surface area contributed by atoms with Crippen LogP contribution in [0.15, 0.2) is 133 Å². The first-order chi connectivity index (χ1) is 18.8. The summed E-state index contributed by atoms with van der Waals surface area (Å²) in [5, 5.41) is 4.01. The van der Waals surface area contributed by atoms with Gasteiger partial charge >= 0.3 is 0 Å². The van der Waals surface area contributed by atoms with Crippen molar-refractivity contribution in [2.45, 2.75) is 0 Å². The van der Waals surface area contributed by atoms with E-state index in [1.807, 2.05) is 72.8 Å². The van der Waals surface area contributed by atoms with Gasteiger partial charge in [-0.1, -0.05) is 158 Å². The van der Waals surface area contributed by atoms with Gasteiger partial charge in [0, 0.05) is 11.1 Å². The predicted molar refractivity (Wildman–Crippen MR) is 162 cm³/mol. The fourth-order valence-electron chi connectivity index (χ4n) is 4.99. The predicted octanol–water partition coefficient (Wildman–Crippen LogP) is 9.56. The monoisotopic (exact) mass is 486 g/mol. The van der Waals surface area contributed by atoms with Gasteiger partial charge in [0.1, 0.15) is 0 Å². The number of hydrogen-bond acceptors (Lipinski definition) is 1. The number of ketones is 1. The molecule has 0 atom stereocenters. The lowest BCUT2D eigenvalue weighted by molar-refractivity contribution is 0.104. The Morgan fingerprint density at radius 2 is 0.789 bits per heavy atom. The summed E-state index contributed by atoms with van der Waals surface area (Å²) in [7, 11) is 0. The van der Waals surface area contributed by atoms with E-state index in [0.717, 1.165) is 54.9 Å². The fourth-order valence-corrected chi connectivity index (χ4v) is 4.99. The van der Waals surface area contributed by atoms with Gasteiger partial charge < -0.3 is 0 Å². The largest absolute Gasteiger partial charge is 0.289 e. The molecule has 0 aromatic heterocycles. The van der Waals surface area contributed by atoms with Crippen LogP contribution in [0.25, 0.3) is 45.8 Å². The van der Waals surface area contributed by atoms with E-state index in [2.05, 4.69) is 85.0 Å². The van der Waals surface area contributed by atoms with Crippen molar-refractivity contribution in [2.24, 2.45) is 0 Å². The molecule has 0 saturated carbocycles. The van der Waals surface area contributed by atoms with Gasteiger partial charge in [-0.25, -0.2) is 0 Å². The molecule has 0 amide bonds. The van der Waals surface area contributed by atoms with Crippen molar-refractivity contribution >= 4 is 51.6 Å². The Morgan fingerprint density at radius 3 is 1.24 bits per heavy atom. The molecule has 38 heavy (non-hydrogen) atoms. The van der Waals surface area contributed by atoms with E-state index in [1.54, 1.807) is 0 Å². The summed E-state index contributed by atoms with van der Waals surface area (Å²) in [5.41, 5.74) is 5.44. The standard InChI is InChI=1S/C37H26O/c38-37(35-31(21-19-27-11-3-1-4-12-27)25-23-29-15-7-9-17-33(29)35)36-32(22-20-28-13-5-2-6-14-28)26-24-30-16-8-10-18-34(30)36/h1-26H. The zero-order valence-electron chi connectivity index (χ0n) is 20.9. The second-order valence-corrected chi connectivity index (χ2v) is 9.32. The lowest BCUT2D eigenvalue weighted by Gasteiger charge is -2.14. The molecule has 180 valence electrons. The molecule has 1 heteroatoms. The Labute approximate surface area is 223 Å². The third-order valence-electron chi connectivity index (χ3n) is 6.89. The van der Waals surface area contributed by atoms with Crippen LogP contribution < -0.4 is 0 Å². The van der Waals surface area contributed by atoms with Crippen LogP contribution in [-0.2, 0) is 0 Å². The molecule has 0 fully saturated rings. The number of hydrogen-bond donors (Lipinski definition) is 0. The molecule has 0 N–H and O–H groups in total. The van der Waals surface area contributed by atoms with Crippen LogP contribution in [0.5, 0.6) is 0 Å². The van der Waals surface area contributed by atoms with E-state index in [-0.39, 0.29) is 5.78 Å². The minimum Gasteiger partial charge on any atom is -0.289 e. The minimum atomic E-state index is 0.0269. The lowest BCUT2D eigenvalue weighted by atomic mass is 9.87. The molecule has 0 aliphatic heterocycles. The van der Waals surface area contributed by atoms with Crippen LogP contribution in [0.3, 0.4) is 0 Å². The number of carbonyl (C=O) groups is 1. The highest BCUT2D eigenvalue weighted by Gasteiger charge is 2.21. The zero-order valence-corrected chi connectivity index (χ0v) is 20.9. The van der Waals surface area contributed by atoms with Crippen LogP contribution in [0.4, 0.5) is 0 Å². The smallest absolute Gasteiger partial charge is 0.195 e. The molecule has 6 aromatic carbocycles. The third kappa shape index (κ3) is 4.70. The Morgan fingerprint density at radius 1 is 0.395 bits per heavy atom. The molecule has 0 spiro atoms. The second kappa shape index (κ2) is 10.5. The Balaban J connectivity index is 1.56. The number of rotatable bonds is 6. The summed E-state index contributed by atoms with van der Waals surface area (Å²) in [6.07, 6.45) is 8.25. The molecule has 0 aliphatic carbocycles. The molecule has 6 aromatic rings. The van der Waals surface area contributed by atoms with E-state index >= 15 is 0 Å². The van der Waals surface area contributed by atoms with Gasteiger partial charge in [-0.05, 0) is 43.8 Å². The first-order valence-electron chi connectivity index (χ1n) is 12.8. The highest BCUT2D eigenvalue weighted by atomic mass is 16.1. The number of benzene rings is 6. The van der Waals surface area contributed by atoms with E-state index < -0.39 is 0 Å². The summed E-state index contributed by atoms with van der Waals surface area (Å²) in [4.78, 5) is 14.7. The van der Waals surface area contributed by atoms with Crippen LogP contribution in [-0.4, -0.2) is 5.78 Å². The Bertz CT molecular complexity index is 1670. The fraction of sp³-hybridized carbons (Fsp3) is 0. The van der Waals surface area contributed by atoms with Crippen molar-refractivity contribution < 1.29 is 4.79 Å². The average molecular weight is 487 g/mol. The van der Waals surface area contributed by atoms with Gasteiger partial charge in [-0.15, -0.1) is 0 Å². The molecular weight excluding hydrogens is 460 g/mol.